The minimum atomic E-state index is -3.59. The molecule has 1 N–H and O–H groups in total. The normalized spacial score (nSPS) is 11.8. The van der Waals surface area contributed by atoms with Gasteiger partial charge in [0, 0.05) is 23.1 Å². The topological polar surface area (TPSA) is 72.2 Å². The molecule has 0 spiro atoms. The predicted octanol–water partition coefficient (Wildman–Crippen LogP) is 3.85. The van der Waals surface area contributed by atoms with Gasteiger partial charge < -0.3 is 4.52 Å². The molecule has 3 aromatic rings. The van der Waals surface area contributed by atoms with Gasteiger partial charge in [0.05, 0.1) is 10.6 Å². The highest BCUT2D eigenvalue weighted by molar-refractivity contribution is 7.89. The highest BCUT2D eigenvalue weighted by Gasteiger charge is 2.18. The molecule has 0 radical (unpaired) electrons. The summed E-state index contributed by atoms with van der Waals surface area (Å²) < 4.78 is 33.3. The number of hydrogen-bond acceptors (Lipinski definition) is 5. The van der Waals surface area contributed by atoms with Gasteiger partial charge in [0.1, 0.15) is 0 Å². The van der Waals surface area contributed by atoms with E-state index in [1.807, 2.05) is 31.4 Å². The molecule has 0 aliphatic rings. The first-order chi connectivity index (χ1) is 11.9. The molecule has 2 heterocycles. The molecule has 5 nitrogen and oxygen atoms in total. The molecule has 3 rings (SSSR count). The fourth-order valence-corrected chi connectivity index (χ4v) is 4.79. The number of rotatable bonds is 6. The fourth-order valence-electron chi connectivity index (χ4n) is 2.58. The SMILES string of the molecule is Cc1cc(-c2ccc(C)c(S(=O)(=O)NCCc3sccc3C)c2)on1. The van der Waals surface area contributed by atoms with Crippen LogP contribution in [0.1, 0.15) is 21.7 Å². The van der Waals surface area contributed by atoms with E-state index in [0.717, 1.165) is 5.69 Å². The Labute approximate surface area is 151 Å². The maximum atomic E-state index is 12.7. The number of nitrogens with zero attached hydrogens (tertiary/aromatic N) is 1. The molecule has 132 valence electrons. The second kappa shape index (κ2) is 7.11. The van der Waals surface area contributed by atoms with Gasteiger partial charge in [0.15, 0.2) is 5.76 Å². The molecule has 0 bridgehead atoms. The van der Waals surface area contributed by atoms with Gasteiger partial charge in [-0.15, -0.1) is 11.3 Å². The lowest BCUT2D eigenvalue weighted by atomic mass is 10.1. The molecule has 0 aliphatic carbocycles. The summed E-state index contributed by atoms with van der Waals surface area (Å²) in [5.41, 5.74) is 3.34. The van der Waals surface area contributed by atoms with Crippen LogP contribution < -0.4 is 4.72 Å². The Bertz CT molecular complexity index is 987. The fraction of sp³-hybridized carbons (Fsp3) is 0.278. The molecular formula is C18H20N2O3S2. The third-order valence-electron chi connectivity index (χ3n) is 4.00. The first-order valence-electron chi connectivity index (χ1n) is 7.94. The highest BCUT2D eigenvalue weighted by Crippen LogP contribution is 2.25. The van der Waals surface area contributed by atoms with Crippen molar-refractivity contribution in [3.05, 3.63) is 57.4 Å². The number of nitrogens with one attached hydrogen (secondary N) is 1. The van der Waals surface area contributed by atoms with E-state index in [4.69, 9.17) is 4.52 Å². The molecule has 0 amide bonds. The molecule has 0 aliphatic heterocycles. The zero-order valence-electron chi connectivity index (χ0n) is 14.4. The number of thiophene rings is 1. The number of benzene rings is 1. The average Bonchev–Trinajstić information content (AvgIpc) is 3.16. The molecule has 0 fully saturated rings. The molecule has 0 saturated heterocycles. The van der Waals surface area contributed by atoms with Gasteiger partial charge in [-0.1, -0.05) is 17.3 Å². The molecule has 25 heavy (non-hydrogen) atoms. The van der Waals surface area contributed by atoms with E-state index in [1.54, 1.807) is 36.5 Å². The van der Waals surface area contributed by atoms with Crippen molar-refractivity contribution in [2.24, 2.45) is 0 Å². The van der Waals surface area contributed by atoms with Crippen LogP contribution in [0.4, 0.5) is 0 Å². The number of aryl methyl sites for hydroxylation is 3. The summed E-state index contributed by atoms with van der Waals surface area (Å²) in [5.74, 6) is 0.558. The summed E-state index contributed by atoms with van der Waals surface area (Å²) in [6, 6.07) is 9.08. The van der Waals surface area contributed by atoms with Crippen LogP contribution in [0, 0.1) is 20.8 Å². The maximum Gasteiger partial charge on any atom is 0.240 e. The standard InChI is InChI=1S/C18H20N2O3S2/c1-12-7-9-24-17(12)6-8-19-25(21,22)18-11-15(5-4-13(18)2)16-10-14(3)20-23-16/h4-5,7,9-11,19H,6,8H2,1-3H3. The molecule has 7 heteroatoms. The van der Waals surface area contributed by atoms with Crippen molar-refractivity contribution >= 4 is 21.4 Å². The van der Waals surface area contributed by atoms with Crippen molar-refractivity contribution in [2.45, 2.75) is 32.1 Å². The number of aromatic nitrogens is 1. The molecule has 0 unspecified atom stereocenters. The molecule has 0 saturated carbocycles. The summed E-state index contributed by atoms with van der Waals surface area (Å²) >= 11 is 1.65. The molecular weight excluding hydrogens is 356 g/mol. The third-order valence-corrected chi connectivity index (χ3v) is 6.69. The van der Waals surface area contributed by atoms with E-state index in [0.29, 0.717) is 29.9 Å². The zero-order valence-corrected chi connectivity index (χ0v) is 16.0. The largest absolute Gasteiger partial charge is 0.356 e. The van der Waals surface area contributed by atoms with E-state index in [1.165, 1.54) is 10.4 Å². The third kappa shape index (κ3) is 4.00. The van der Waals surface area contributed by atoms with Crippen molar-refractivity contribution in [3.8, 4) is 11.3 Å². The zero-order chi connectivity index (χ0) is 18.0. The van der Waals surface area contributed by atoms with Crippen LogP contribution in [0.25, 0.3) is 11.3 Å². The number of sulfonamides is 1. The quantitative estimate of drug-likeness (QED) is 0.709. The van der Waals surface area contributed by atoms with Crippen LogP contribution >= 0.6 is 11.3 Å². The maximum absolute atomic E-state index is 12.7. The van der Waals surface area contributed by atoms with Gasteiger partial charge in [-0.2, -0.15) is 0 Å². The van der Waals surface area contributed by atoms with E-state index in [9.17, 15) is 8.42 Å². The minimum absolute atomic E-state index is 0.266. The summed E-state index contributed by atoms with van der Waals surface area (Å²) in [6.07, 6.45) is 0.683. The minimum Gasteiger partial charge on any atom is -0.356 e. The van der Waals surface area contributed by atoms with Crippen LogP contribution in [0.3, 0.4) is 0 Å². The molecule has 1 aromatic carbocycles. The summed E-state index contributed by atoms with van der Waals surface area (Å²) in [7, 11) is -3.59. The van der Waals surface area contributed by atoms with Crippen molar-refractivity contribution in [1.29, 1.82) is 0 Å². The molecule has 2 aromatic heterocycles. The summed E-state index contributed by atoms with van der Waals surface area (Å²) in [6.45, 7) is 6.02. The lowest BCUT2D eigenvalue weighted by Gasteiger charge is -2.10. The van der Waals surface area contributed by atoms with Gasteiger partial charge in [-0.05, 0) is 55.8 Å². The lowest BCUT2D eigenvalue weighted by molar-refractivity contribution is 0.427. The number of hydrogen-bond donors (Lipinski definition) is 1. The van der Waals surface area contributed by atoms with Crippen molar-refractivity contribution in [1.82, 2.24) is 9.88 Å². The van der Waals surface area contributed by atoms with Crippen LogP contribution in [0.2, 0.25) is 0 Å². The lowest BCUT2D eigenvalue weighted by Crippen LogP contribution is -2.26. The van der Waals surface area contributed by atoms with E-state index in [2.05, 4.69) is 9.88 Å². The second-order valence-electron chi connectivity index (χ2n) is 5.99. The summed E-state index contributed by atoms with van der Waals surface area (Å²) in [5, 5.41) is 5.87. The van der Waals surface area contributed by atoms with Gasteiger partial charge in [-0.25, -0.2) is 13.1 Å². The Morgan fingerprint density at radius 3 is 2.56 bits per heavy atom. The van der Waals surface area contributed by atoms with Crippen LogP contribution in [-0.2, 0) is 16.4 Å². The smallest absolute Gasteiger partial charge is 0.240 e. The Morgan fingerprint density at radius 2 is 1.92 bits per heavy atom. The average molecular weight is 377 g/mol. The Morgan fingerprint density at radius 1 is 1.12 bits per heavy atom. The Hall–Kier alpha value is -1.96. The van der Waals surface area contributed by atoms with Crippen LogP contribution in [0.5, 0.6) is 0 Å². The monoisotopic (exact) mass is 376 g/mol. The van der Waals surface area contributed by atoms with Crippen LogP contribution in [-0.4, -0.2) is 20.1 Å². The van der Waals surface area contributed by atoms with Crippen LogP contribution in [0.15, 0.2) is 45.1 Å². The van der Waals surface area contributed by atoms with Crippen molar-refractivity contribution < 1.29 is 12.9 Å². The first kappa shape index (κ1) is 17.8. The van der Waals surface area contributed by atoms with Gasteiger partial charge in [-0.3, -0.25) is 0 Å². The van der Waals surface area contributed by atoms with E-state index in [-0.39, 0.29) is 4.90 Å². The first-order valence-corrected chi connectivity index (χ1v) is 10.3. The predicted molar refractivity (Wildman–Crippen MR) is 99.4 cm³/mol. The van der Waals surface area contributed by atoms with Crippen molar-refractivity contribution in [2.75, 3.05) is 6.54 Å². The van der Waals surface area contributed by atoms with Crippen molar-refractivity contribution in [3.63, 3.8) is 0 Å². The van der Waals surface area contributed by atoms with Gasteiger partial charge in [0.2, 0.25) is 10.0 Å². The van der Waals surface area contributed by atoms with E-state index < -0.39 is 10.0 Å². The summed E-state index contributed by atoms with van der Waals surface area (Å²) in [4.78, 5) is 1.47. The van der Waals surface area contributed by atoms with Gasteiger partial charge in [0.25, 0.3) is 0 Å². The highest BCUT2D eigenvalue weighted by atomic mass is 32.2. The van der Waals surface area contributed by atoms with E-state index >= 15 is 0 Å². The second-order valence-corrected chi connectivity index (χ2v) is 8.72. The van der Waals surface area contributed by atoms with Gasteiger partial charge >= 0.3 is 0 Å². The Kier molecular flexibility index (Phi) is 5.08. The molecule has 0 atom stereocenters. The Balaban J connectivity index is 1.80.